The quantitative estimate of drug-likeness (QED) is 0.0634. The highest BCUT2D eigenvalue weighted by Crippen LogP contribution is 2.09. The molecule has 218 valence electrons. The molecule has 0 saturated heterocycles. The van der Waals surface area contributed by atoms with Gasteiger partial charge in [-0.2, -0.15) is 0 Å². The molecule has 0 saturated carbocycles. The Hall–Kier alpha value is -1.66. The summed E-state index contributed by atoms with van der Waals surface area (Å²) in [5, 5.41) is 26.0. The number of ether oxygens (including phenoxy) is 1. The minimum Gasteiger partial charge on any atom is -0.481 e. The van der Waals surface area contributed by atoms with Crippen molar-refractivity contribution in [3.8, 4) is 0 Å². The maximum absolute atomic E-state index is 11.2. The zero-order valence-electron chi connectivity index (χ0n) is 24.0. The van der Waals surface area contributed by atoms with E-state index in [2.05, 4.69) is 38.2 Å². The SMILES string of the molecule is CCCCC/C=C\C/C=C\CCCCCCCC(=O)O.CCCCCCCCCC(=O)OCC(O)CO. The van der Waals surface area contributed by atoms with Crippen molar-refractivity contribution >= 4 is 11.9 Å². The Morgan fingerprint density at radius 2 is 1.14 bits per heavy atom. The predicted octanol–water partition coefficient (Wildman–Crippen LogP) is 7.91. The first kappa shape index (κ1) is 37.5. The fourth-order valence-electron chi connectivity index (χ4n) is 3.63. The second-order valence-electron chi connectivity index (χ2n) is 9.77. The van der Waals surface area contributed by atoms with E-state index in [4.69, 9.17) is 20.1 Å². The highest BCUT2D eigenvalue weighted by molar-refractivity contribution is 5.69. The number of esters is 1. The van der Waals surface area contributed by atoms with Gasteiger partial charge in [-0.05, 0) is 44.9 Å². The molecule has 1 atom stereocenters. The standard InChI is InChI=1S/C18H32O2.C13H26O4/c1-2-3-4-5-6-7-8-9-10-11-12-13-14-15-16-17-18(19)20;1-2-3-4-5-6-7-8-9-13(16)17-11-12(15)10-14/h6-7,9-10H,2-5,8,11-17H2,1H3,(H,19,20);12,14-15H,2-11H2,1H3/b7-6-,10-9-;. The van der Waals surface area contributed by atoms with Crippen LogP contribution in [0.2, 0.25) is 0 Å². The zero-order chi connectivity index (χ0) is 27.8. The van der Waals surface area contributed by atoms with E-state index in [9.17, 15) is 9.59 Å². The molecule has 1 unspecified atom stereocenters. The van der Waals surface area contributed by atoms with Crippen LogP contribution in [0.25, 0.3) is 0 Å². The normalized spacial score (nSPS) is 12.0. The molecule has 3 N–H and O–H groups in total. The summed E-state index contributed by atoms with van der Waals surface area (Å²) in [7, 11) is 0. The van der Waals surface area contributed by atoms with Crippen molar-refractivity contribution in [1.29, 1.82) is 0 Å². The molecule has 0 aromatic carbocycles. The summed E-state index contributed by atoms with van der Waals surface area (Å²) in [5.41, 5.74) is 0. The number of carbonyl (C=O) groups is 2. The van der Waals surface area contributed by atoms with Crippen LogP contribution >= 0.6 is 0 Å². The molecule has 0 bridgehead atoms. The number of unbranched alkanes of at least 4 members (excludes halogenated alkanes) is 14. The number of carboxylic acid groups (broad SMARTS) is 1. The van der Waals surface area contributed by atoms with Gasteiger partial charge in [-0.1, -0.05) is 109 Å². The van der Waals surface area contributed by atoms with Crippen LogP contribution in [0.1, 0.15) is 142 Å². The van der Waals surface area contributed by atoms with Crippen LogP contribution in [0, 0.1) is 0 Å². The van der Waals surface area contributed by atoms with Crippen molar-refractivity contribution in [2.75, 3.05) is 13.2 Å². The van der Waals surface area contributed by atoms with Gasteiger partial charge in [-0.25, -0.2) is 0 Å². The highest BCUT2D eigenvalue weighted by Gasteiger charge is 2.07. The van der Waals surface area contributed by atoms with Crippen LogP contribution in [0.3, 0.4) is 0 Å². The lowest BCUT2D eigenvalue weighted by atomic mass is 10.1. The van der Waals surface area contributed by atoms with Gasteiger partial charge in [0.1, 0.15) is 12.7 Å². The van der Waals surface area contributed by atoms with E-state index >= 15 is 0 Å². The Kier molecular flexibility index (Phi) is 32.8. The summed E-state index contributed by atoms with van der Waals surface area (Å²) in [4.78, 5) is 21.5. The fraction of sp³-hybridized carbons (Fsp3) is 0.806. The second-order valence-corrected chi connectivity index (χ2v) is 9.77. The van der Waals surface area contributed by atoms with Crippen molar-refractivity contribution in [3.63, 3.8) is 0 Å². The molecule has 0 heterocycles. The lowest BCUT2D eigenvalue weighted by molar-refractivity contribution is -0.147. The number of hydrogen-bond donors (Lipinski definition) is 3. The van der Waals surface area contributed by atoms with Crippen molar-refractivity contribution in [1.82, 2.24) is 0 Å². The number of hydrogen-bond acceptors (Lipinski definition) is 5. The summed E-state index contributed by atoms with van der Waals surface area (Å²) in [5.74, 6) is -0.957. The highest BCUT2D eigenvalue weighted by atomic mass is 16.5. The van der Waals surface area contributed by atoms with E-state index < -0.39 is 12.1 Å². The minimum absolute atomic E-state index is 0.105. The molecular weight excluding hydrogens is 468 g/mol. The van der Waals surface area contributed by atoms with E-state index in [1.54, 1.807) is 0 Å². The second kappa shape index (κ2) is 32.4. The number of rotatable bonds is 25. The average Bonchev–Trinajstić information content (AvgIpc) is 2.89. The van der Waals surface area contributed by atoms with E-state index in [0.29, 0.717) is 12.8 Å². The third kappa shape index (κ3) is 36.6. The summed E-state index contributed by atoms with van der Waals surface area (Å²) in [6, 6.07) is 0. The maximum Gasteiger partial charge on any atom is 0.305 e. The number of aliphatic carboxylic acids is 1. The molecule has 0 fully saturated rings. The van der Waals surface area contributed by atoms with Gasteiger partial charge >= 0.3 is 11.9 Å². The summed E-state index contributed by atoms with van der Waals surface area (Å²) >= 11 is 0. The summed E-state index contributed by atoms with van der Waals surface area (Å²) in [6.07, 6.45) is 29.9. The van der Waals surface area contributed by atoms with Gasteiger partial charge < -0.3 is 20.1 Å². The van der Waals surface area contributed by atoms with Crippen LogP contribution in [0.5, 0.6) is 0 Å². The van der Waals surface area contributed by atoms with Crippen LogP contribution in [-0.2, 0) is 14.3 Å². The molecule has 0 spiro atoms. The van der Waals surface area contributed by atoms with Gasteiger partial charge in [0.25, 0.3) is 0 Å². The molecular formula is C31H58O6. The third-order valence-corrected chi connectivity index (χ3v) is 5.97. The molecule has 0 aliphatic rings. The monoisotopic (exact) mass is 526 g/mol. The number of carbonyl (C=O) groups excluding carboxylic acids is 1. The molecule has 0 aliphatic heterocycles. The third-order valence-electron chi connectivity index (χ3n) is 5.97. The molecule has 0 radical (unpaired) electrons. The van der Waals surface area contributed by atoms with E-state index in [0.717, 1.165) is 38.5 Å². The van der Waals surface area contributed by atoms with Crippen molar-refractivity contribution in [3.05, 3.63) is 24.3 Å². The van der Waals surface area contributed by atoms with E-state index in [1.165, 1.54) is 77.0 Å². The fourth-order valence-corrected chi connectivity index (χ4v) is 3.63. The number of aliphatic hydroxyl groups excluding tert-OH is 2. The van der Waals surface area contributed by atoms with Gasteiger partial charge in [0.15, 0.2) is 0 Å². The van der Waals surface area contributed by atoms with Crippen molar-refractivity contribution in [2.45, 2.75) is 148 Å². The topological polar surface area (TPSA) is 104 Å². The lowest BCUT2D eigenvalue weighted by Crippen LogP contribution is -2.21. The zero-order valence-corrected chi connectivity index (χ0v) is 24.0. The Labute approximate surface area is 227 Å². The molecule has 0 aromatic rings. The van der Waals surface area contributed by atoms with Crippen LogP contribution < -0.4 is 0 Å². The summed E-state index contributed by atoms with van der Waals surface area (Å²) < 4.78 is 4.79. The Morgan fingerprint density at radius 1 is 0.676 bits per heavy atom. The van der Waals surface area contributed by atoms with Gasteiger partial charge in [0.05, 0.1) is 6.61 Å². The van der Waals surface area contributed by atoms with Gasteiger partial charge in [-0.3, -0.25) is 9.59 Å². The first-order valence-electron chi connectivity index (χ1n) is 14.9. The Bertz CT molecular complexity index is 544. The van der Waals surface area contributed by atoms with Gasteiger partial charge in [-0.15, -0.1) is 0 Å². The largest absolute Gasteiger partial charge is 0.481 e. The van der Waals surface area contributed by atoms with E-state index in [-0.39, 0.29) is 19.2 Å². The molecule has 0 rings (SSSR count). The van der Waals surface area contributed by atoms with Crippen LogP contribution in [0.4, 0.5) is 0 Å². The molecule has 6 heteroatoms. The van der Waals surface area contributed by atoms with Crippen LogP contribution in [0.15, 0.2) is 24.3 Å². The Balaban J connectivity index is 0. The average molecular weight is 527 g/mol. The molecule has 0 aromatic heterocycles. The smallest absolute Gasteiger partial charge is 0.305 e. The minimum atomic E-state index is -0.951. The molecule has 6 nitrogen and oxygen atoms in total. The van der Waals surface area contributed by atoms with E-state index in [1.807, 2.05) is 0 Å². The van der Waals surface area contributed by atoms with Crippen molar-refractivity contribution < 1.29 is 29.6 Å². The first-order valence-corrected chi connectivity index (χ1v) is 14.9. The summed E-state index contributed by atoms with van der Waals surface area (Å²) in [6.45, 7) is 3.95. The Morgan fingerprint density at radius 3 is 1.68 bits per heavy atom. The number of aliphatic hydroxyl groups is 2. The maximum atomic E-state index is 11.2. The lowest BCUT2D eigenvalue weighted by Gasteiger charge is -2.08. The van der Waals surface area contributed by atoms with Crippen LogP contribution in [-0.4, -0.2) is 46.6 Å². The van der Waals surface area contributed by atoms with Gasteiger partial charge in [0, 0.05) is 12.8 Å². The number of carboxylic acids is 1. The predicted molar refractivity (Wildman–Crippen MR) is 154 cm³/mol. The first-order chi connectivity index (χ1) is 18.0. The number of allylic oxidation sites excluding steroid dienone is 4. The molecule has 37 heavy (non-hydrogen) atoms. The van der Waals surface area contributed by atoms with Crippen molar-refractivity contribution in [2.24, 2.45) is 0 Å². The molecule has 0 aliphatic carbocycles. The van der Waals surface area contributed by atoms with Gasteiger partial charge in [0.2, 0.25) is 0 Å². The molecule has 0 amide bonds.